The molecule has 0 aliphatic rings. The van der Waals surface area contributed by atoms with Gasteiger partial charge >= 0.3 is 0 Å². The Bertz CT molecular complexity index is 1280. The molecule has 4 aromatic rings. The SMILES string of the molecule is Cc1cc(NC(=O)c2ccc(Sc3nncn3C)c([N+](=O)[O-])c2)n(Cc2ccccc2)n1. The van der Waals surface area contributed by atoms with E-state index in [2.05, 4.69) is 20.6 Å². The second-order valence-electron chi connectivity index (χ2n) is 7.03. The summed E-state index contributed by atoms with van der Waals surface area (Å²) in [5.41, 5.74) is 1.77. The fraction of sp³-hybridized carbons (Fsp3) is 0.143. The molecule has 10 nitrogen and oxygen atoms in total. The van der Waals surface area contributed by atoms with E-state index in [-0.39, 0.29) is 11.3 Å². The number of nitro benzene ring substituents is 1. The van der Waals surface area contributed by atoms with Crippen LogP contribution in [0.15, 0.2) is 71.0 Å². The van der Waals surface area contributed by atoms with Crippen LogP contribution in [0.4, 0.5) is 11.5 Å². The molecule has 11 heteroatoms. The molecule has 1 N–H and O–H groups in total. The van der Waals surface area contributed by atoms with Gasteiger partial charge in [0.25, 0.3) is 11.6 Å². The molecule has 0 saturated carbocycles. The van der Waals surface area contributed by atoms with Crippen molar-refractivity contribution >= 4 is 29.2 Å². The van der Waals surface area contributed by atoms with Crippen molar-refractivity contribution in [1.29, 1.82) is 0 Å². The largest absolute Gasteiger partial charge is 0.311 e. The molecule has 0 unspecified atom stereocenters. The van der Waals surface area contributed by atoms with Gasteiger partial charge in [0.15, 0.2) is 5.16 Å². The summed E-state index contributed by atoms with van der Waals surface area (Å²) in [7, 11) is 1.75. The summed E-state index contributed by atoms with van der Waals surface area (Å²) in [6.07, 6.45) is 1.51. The summed E-state index contributed by atoms with van der Waals surface area (Å²) < 4.78 is 3.35. The Labute approximate surface area is 187 Å². The Kier molecular flexibility index (Phi) is 5.99. The molecule has 2 aromatic carbocycles. The highest BCUT2D eigenvalue weighted by Gasteiger charge is 2.21. The van der Waals surface area contributed by atoms with Crippen LogP contribution in [0, 0.1) is 17.0 Å². The zero-order valence-electron chi connectivity index (χ0n) is 17.3. The van der Waals surface area contributed by atoms with Crippen molar-refractivity contribution in [1.82, 2.24) is 24.5 Å². The lowest BCUT2D eigenvalue weighted by Gasteiger charge is -2.10. The van der Waals surface area contributed by atoms with E-state index in [1.807, 2.05) is 37.3 Å². The predicted molar refractivity (Wildman–Crippen MR) is 119 cm³/mol. The number of aromatic nitrogens is 5. The zero-order chi connectivity index (χ0) is 22.7. The number of amides is 1. The first kappa shape index (κ1) is 21.2. The first-order valence-corrected chi connectivity index (χ1v) is 10.4. The molecule has 32 heavy (non-hydrogen) atoms. The van der Waals surface area contributed by atoms with Gasteiger partial charge in [-0.2, -0.15) is 5.10 Å². The van der Waals surface area contributed by atoms with E-state index in [1.54, 1.807) is 34.5 Å². The molecular weight excluding hydrogens is 430 g/mol. The number of nitrogens with zero attached hydrogens (tertiary/aromatic N) is 6. The Morgan fingerprint density at radius 2 is 1.97 bits per heavy atom. The summed E-state index contributed by atoms with van der Waals surface area (Å²) in [4.78, 5) is 24.4. The van der Waals surface area contributed by atoms with Crippen LogP contribution in [0.25, 0.3) is 0 Å². The summed E-state index contributed by atoms with van der Waals surface area (Å²) in [6, 6.07) is 15.9. The van der Waals surface area contributed by atoms with Gasteiger partial charge in [-0.05, 0) is 36.4 Å². The van der Waals surface area contributed by atoms with Crippen LogP contribution >= 0.6 is 11.8 Å². The van der Waals surface area contributed by atoms with Crippen molar-refractivity contribution in [3.63, 3.8) is 0 Å². The molecule has 1 amide bonds. The topological polar surface area (TPSA) is 121 Å². The lowest BCUT2D eigenvalue weighted by Crippen LogP contribution is -2.16. The molecule has 0 fully saturated rings. The van der Waals surface area contributed by atoms with Crippen LogP contribution in [0.3, 0.4) is 0 Å². The number of hydrogen-bond donors (Lipinski definition) is 1. The van der Waals surface area contributed by atoms with Crippen LogP contribution in [0.2, 0.25) is 0 Å². The summed E-state index contributed by atoms with van der Waals surface area (Å²) in [6.45, 7) is 2.32. The van der Waals surface area contributed by atoms with Gasteiger partial charge in [-0.1, -0.05) is 30.3 Å². The third-order valence-electron chi connectivity index (χ3n) is 4.61. The predicted octanol–water partition coefficient (Wildman–Crippen LogP) is 3.68. The number of carbonyl (C=O) groups is 1. The van der Waals surface area contributed by atoms with Crippen LogP contribution in [0.5, 0.6) is 0 Å². The Hall–Kier alpha value is -3.99. The number of rotatable bonds is 7. The maximum Gasteiger partial charge on any atom is 0.284 e. The van der Waals surface area contributed by atoms with Gasteiger partial charge in [-0.25, -0.2) is 4.68 Å². The number of anilines is 1. The van der Waals surface area contributed by atoms with Crippen molar-refractivity contribution in [2.75, 3.05) is 5.32 Å². The normalized spacial score (nSPS) is 10.8. The first-order valence-electron chi connectivity index (χ1n) is 9.61. The molecule has 0 aliphatic carbocycles. The lowest BCUT2D eigenvalue weighted by atomic mass is 10.2. The molecule has 0 aliphatic heterocycles. The van der Waals surface area contributed by atoms with Crippen LogP contribution < -0.4 is 5.32 Å². The maximum absolute atomic E-state index is 12.9. The van der Waals surface area contributed by atoms with Gasteiger partial charge in [0.05, 0.1) is 22.1 Å². The molecule has 0 atom stereocenters. The molecule has 0 radical (unpaired) electrons. The van der Waals surface area contributed by atoms with Gasteiger partial charge < -0.3 is 9.88 Å². The number of hydrogen-bond acceptors (Lipinski definition) is 7. The van der Waals surface area contributed by atoms with E-state index in [4.69, 9.17) is 0 Å². The van der Waals surface area contributed by atoms with Crippen LogP contribution in [-0.4, -0.2) is 35.4 Å². The van der Waals surface area contributed by atoms with E-state index in [1.165, 1.54) is 12.4 Å². The number of nitro groups is 1. The second-order valence-corrected chi connectivity index (χ2v) is 8.04. The molecule has 0 saturated heterocycles. The van der Waals surface area contributed by atoms with E-state index in [0.29, 0.717) is 22.4 Å². The van der Waals surface area contributed by atoms with Gasteiger partial charge in [-0.15, -0.1) is 10.2 Å². The third kappa shape index (κ3) is 4.67. The van der Waals surface area contributed by atoms with E-state index in [9.17, 15) is 14.9 Å². The molecule has 2 aromatic heterocycles. The molecule has 0 spiro atoms. The highest BCUT2D eigenvalue weighted by atomic mass is 32.2. The Balaban J connectivity index is 1.57. The smallest absolute Gasteiger partial charge is 0.284 e. The van der Waals surface area contributed by atoms with Gasteiger partial charge in [0, 0.05) is 24.7 Å². The minimum atomic E-state index is -0.515. The molecule has 4 rings (SSSR count). The quantitative estimate of drug-likeness (QED) is 0.337. The van der Waals surface area contributed by atoms with Crippen molar-refractivity contribution in [3.8, 4) is 0 Å². The second kappa shape index (κ2) is 9.02. The number of aryl methyl sites for hydroxylation is 2. The fourth-order valence-electron chi connectivity index (χ4n) is 3.06. The summed E-state index contributed by atoms with van der Waals surface area (Å²) >= 11 is 1.11. The molecular formula is C21H19N7O3S. The van der Waals surface area contributed by atoms with Gasteiger partial charge in [-0.3, -0.25) is 14.9 Å². The minimum Gasteiger partial charge on any atom is -0.311 e. The standard InChI is InChI=1S/C21H19N7O3S/c1-14-10-19(27(25-14)12-15-6-4-3-5-7-15)23-20(29)16-8-9-18(17(11-16)28(30)31)32-21-24-22-13-26(21)2/h3-11,13H,12H2,1-2H3,(H,23,29). The van der Waals surface area contributed by atoms with Gasteiger partial charge in [0.1, 0.15) is 12.1 Å². The first-order chi connectivity index (χ1) is 15.4. The van der Waals surface area contributed by atoms with Crippen molar-refractivity contribution < 1.29 is 9.72 Å². The maximum atomic E-state index is 12.9. The van der Waals surface area contributed by atoms with E-state index in [0.717, 1.165) is 23.0 Å². The molecule has 2 heterocycles. The van der Waals surface area contributed by atoms with Gasteiger partial charge in [0.2, 0.25) is 0 Å². The van der Waals surface area contributed by atoms with Crippen LogP contribution in [-0.2, 0) is 13.6 Å². The van der Waals surface area contributed by atoms with Crippen molar-refractivity contribution in [3.05, 3.63) is 87.9 Å². The summed E-state index contributed by atoms with van der Waals surface area (Å²) in [5.74, 6) is 0.0501. The Morgan fingerprint density at radius 3 is 2.66 bits per heavy atom. The molecule has 162 valence electrons. The molecule has 0 bridgehead atoms. The zero-order valence-corrected chi connectivity index (χ0v) is 18.1. The highest BCUT2D eigenvalue weighted by molar-refractivity contribution is 7.99. The number of nitrogens with one attached hydrogen (secondary N) is 1. The highest BCUT2D eigenvalue weighted by Crippen LogP contribution is 2.34. The monoisotopic (exact) mass is 449 g/mol. The number of carbonyl (C=O) groups excluding carboxylic acids is 1. The average Bonchev–Trinajstić information content (AvgIpc) is 3.33. The van der Waals surface area contributed by atoms with E-state index >= 15 is 0 Å². The lowest BCUT2D eigenvalue weighted by molar-refractivity contribution is -0.387. The van der Waals surface area contributed by atoms with Crippen LogP contribution in [0.1, 0.15) is 21.6 Å². The van der Waals surface area contributed by atoms with E-state index < -0.39 is 10.8 Å². The fourth-order valence-corrected chi connectivity index (χ4v) is 3.91. The minimum absolute atomic E-state index is 0.170. The third-order valence-corrected chi connectivity index (χ3v) is 5.73. The average molecular weight is 449 g/mol. The summed E-state index contributed by atoms with van der Waals surface area (Å²) in [5, 5.41) is 27.1. The Morgan fingerprint density at radius 1 is 1.19 bits per heavy atom. The van der Waals surface area contributed by atoms with Crippen molar-refractivity contribution in [2.24, 2.45) is 7.05 Å². The number of benzene rings is 2. The van der Waals surface area contributed by atoms with Crippen molar-refractivity contribution in [2.45, 2.75) is 23.5 Å².